The third kappa shape index (κ3) is 3.37. The van der Waals surface area contributed by atoms with Crippen LogP contribution in [0.15, 0.2) is 28.1 Å². The van der Waals surface area contributed by atoms with Gasteiger partial charge in [0.1, 0.15) is 8.79 Å². The Balaban J connectivity index is 2.30. The van der Waals surface area contributed by atoms with Gasteiger partial charge < -0.3 is 4.74 Å². The molecule has 0 aliphatic rings. The largest absolute Gasteiger partial charge is 0.416 e. The number of alkyl halides is 3. The molecule has 0 aliphatic carbocycles. The van der Waals surface area contributed by atoms with Crippen molar-refractivity contribution in [2.45, 2.75) is 13.1 Å². The van der Waals surface area contributed by atoms with Gasteiger partial charge in [0, 0.05) is 12.5 Å². The summed E-state index contributed by atoms with van der Waals surface area (Å²) in [6.07, 6.45) is -4.37. The molecule has 3 nitrogen and oxygen atoms in total. The first kappa shape index (κ1) is 15.0. The van der Waals surface area contributed by atoms with Crippen molar-refractivity contribution in [1.82, 2.24) is 4.98 Å². The van der Waals surface area contributed by atoms with Gasteiger partial charge in [-0.05, 0) is 28.1 Å². The zero-order valence-corrected chi connectivity index (χ0v) is 12.4. The highest BCUT2D eigenvalue weighted by Crippen LogP contribution is 2.37. The summed E-state index contributed by atoms with van der Waals surface area (Å²) in [6, 6.07) is 4.61. The summed E-state index contributed by atoms with van der Waals surface area (Å²) < 4.78 is 42.7. The second-order valence-corrected chi connectivity index (χ2v) is 6.08. The Kier molecular flexibility index (Phi) is 4.14. The Morgan fingerprint density at radius 1 is 1.30 bits per heavy atom. The number of carbonyl (C=O) groups is 1. The van der Waals surface area contributed by atoms with E-state index in [9.17, 15) is 18.0 Å². The molecule has 2 aromatic rings. The molecule has 8 heteroatoms. The lowest BCUT2D eigenvalue weighted by atomic mass is 10.1. The van der Waals surface area contributed by atoms with Crippen molar-refractivity contribution in [2.24, 2.45) is 0 Å². The second kappa shape index (κ2) is 5.53. The van der Waals surface area contributed by atoms with E-state index >= 15 is 0 Å². The number of hydrogen-bond acceptors (Lipinski definition) is 4. The van der Waals surface area contributed by atoms with E-state index in [4.69, 9.17) is 4.74 Å². The molecule has 0 amide bonds. The normalized spacial score (nSPS) is 11.4. The van der Waals surface area contributed by atoms with Gasteiger partial charge in [0.25, 0.3) is 0 Å². The van der Waals surface area contributed by atoms with Crippen molar-refractivity contribution < 1.29 is 22.7 Å². The van der Waals surface area contributed by atoms with E-state index in [1.54, 1.807) is 0 Å². The SMILES string of the molecule is CC(=O)Oc1nc(-c2ccc(C(F)(F)F)cc2)sc1Br. The van der Waals surface area contributed by atoms with Crippen LogP contribution in [0.1, 0.15) is 12.5 Å². The van der Waals surface area contributed by atoms with Crippen LogP contribution in [0.5, 0.6) is 5.88 Å². The first-order chi connectivity index (χ1) is 9.27. The molecule has 0 saturated carbocycles. The second-order valence-electron chi connectivity index (χ2n) is 3.77. The Hall–Kier alpha value is -1.41. The zero-order valence-electron chi connectivity index (χ0n) is 9.99. The van der Waals surface area contributed by atoms with Crippen LogP contribution in [-0.2, 0) is 11.0 Å². The molecule has 0 fully saturated rings. The zero-order chi connectivity index (χ0) is 14.9. The van der Waals surface area contributed by atoms with Crippen LogP contribution in [0.4, 0.5) is 13.2 Å². The lowest BCUT2D eigenvalue weighted by molar-refractivity contribution is -0.137. The van der Waals surface area contributed by atoms with E-state index in [1.807, 2.05) is 0 Å². The van der Waals surface area contributed by atoms with Gasteiger partial charge >= 0.3 is 12.1 Å². The first-order valence-corrected chi connectivity index (χ1v) is 6.90. The molecule has 0 unspecified atom stereocenters. The number of nitrogens with zero attached hydrogens (tertiary/aromatic N) is 1. The molecule has 20 heavy (non-hydrogen) atoms. The minimum Gasteiger partial charge on any atom is -0.405 e. The molecule has 0 N–H and O–H groups in total. The average Bonchev–Trinajstić information content (AvgIpc) is 2.69. The molecule has 1 aromatic carbocycles. The maximum Gasteiger partial charge on any atom is 0.416 e. The van der Waals surface area contributed by atoms with Crippen molar-refractivity contribution in [3.8, 4) is 16.5 Å². The summed E-state index contributed by atoms with van der Waals surface area (Å²) in [5, 5.41) is 0.460. The smallest absolute Gasteiger partial charge is 0.405 e. The fourth-order valence-electron chi connectivity index (χ4n) is 1.41. The summed E-state index contributed by atoms with van der Waals surface area (Å²) in [7, 11) is 0. The number of aromatic nitrogens is 1. The molecule has 0 aliphatic heterocycles. The van der Waals surface area contributed by atoms with Crippen LogP contribution in [-0.4, -0.2) is 11.0 Å². The van der Waals surface area contributed by atoms with E-state index in [-0.39, 0.29) is 5.88 Å². The molecule has 0 spiro atoms. The van der Waals surface area contributed by atoms with Crippen LogP contribution in [0.2, 0.25) is 0 Å². The summed E-state index contributed by atoms with van der Waals surface area (Å²) in [5.74, 6) is -0.410. The highest BCUT2D eigenvalue weighted by atomic mass is 79.9. The van der Waals surface area contributed by atoms with Crippen LogP contribution >= 0.6 is 27.3 Å². The number of rotatable bonds is 2. The van der Waals surface area contributed by atoms with Gasteiger partial charge in [-0.2, -0.15) is 13.2 Å². The van der Waals surface area contributed by atoms with Gasteiger partial charge in [0.05, 0.1) is 5.56 Å². The van der Waals surface area contributed by atoms with Gasteiger partial charge in [0.15, 0.2) is 0 Å². The monoisotopic (exact) mass is 365 g/mol. The minimum atomic E-state index is -4.37. The number of benzene rings is 1. The van der Waals surface area contributed by atoms with Crippen LogP contribution in [0, 0.1) is 0 Å². The maximum absolute atomic E-state index is 12.5. The van der Waals surface area contributed by atoms with E-state index < -0.39 is 17.7 Å². The lowest BCUT2D eigenvalue weighted by Gasteiger charge is -2.06. The Labute approximate surface area is 124 Å². The molecule has 2 rings (SSSR count). The fraction of sp³-hybridized carbons (Fsp3) is 0.167. The summed E-state index contributed by atoms with van der Waals surface area (Å²) >= 11 is 4.36. The molecule has 0 radical (unpaired) electrons. The number of hydrogen-bond donors (Lipinski definition) is 0. The number of halogens is 4. The first-order valence-electron chi connectivity index (χ1n) is 5.30. The van der Waals surface area contributed by atoms with Crippen LogP contribution in [0.25, 0.3) is 10.6 Å². The van der Waals surface area contributed by atoms with E-state index in [2.05, 4.69) is 20.9 Å². The predicted molar refractivity (Wildman–Crippen MR) is 71.6 cm³/mol. The number of thiazole rings is 1. The third-order valence-electron chi connectivity index (χ3n) is 2.26. The van der Waals surface area contributed by atoms with Gasteiger partial charge in [0.2, 0.25) is 5.88 Å². The number of esters is 1. The molecular formula is C12H7BrF3NO2S. The molecule has 1 heterocycles. The van der Waals surface area contributed by atoms with Crippen molar-refractivity contribution in [3.63, 3.8) is 0 Å². The van der Waals surface area contributed by atoms with E-state index in [1.165, 1.54) is 30.4 Å². The lowest BCUT2D eigenvalue weighted by Crippen LogP contribution is -2.04. The number of carbonyl (C=O) groups excluding carboxylic acids is 1. The molecular weight excluding hydrogens is 359 g/mol. The van der Waals surface area contributed by atoms with Crippen LogP contribution in [0.3, 0.4) is 0 Å². The summed E-state index contributed by atoms with van der Waals surface area (Å²) in [4.78, 5) is 14.9. The van der Waals surface area contributed by atoms with Gasteiger partial charge in [-0.15, -0.1) is 11.3 Å². The highest BCUT2D eigenvalue weighted by Gasteiger charge is 2.30. The minimum absolute atomic E-state index is 0.109. The van der Waals surface area contributed by atoms with Crippen molar-refractivity contribution in [2.75, 3.05) is 0 Å². The summed E-state index contributed by atoms with van der Waals surface area (Å²) in [5.41, 5.74) is -0.209. The molecule has 0 bridgehead atoms. The topological polar surface area (TPSA) is 39.2 Å². The maximum atomic E-state index is 12.5. The van der Waals surface area contributed by atoms with Crippen LogP contribution < -0.4 is 4.74 Å². The Morgan fingerprint density at radius 3 is 2.40 bits per heavy atom. The van der Waals surface area contributed by atoms with Crippen molar-refractivity contribution >= 4 is 33.2 Å². The standard InChI is InChI=1S/C12H7BrF3NO2S/c1-6(18)19-10-9(13)20-11(17-10)7-2-4-8(5-3-7)12(14,15)16/h2-5H,1H3. The third-order valence-corrected chi connectivity index (χ3v) is 3.96. The quantitative estimate of drug-likeness (QED) is 0.734. The molecule has 106 valence electrons. The van der Waals surface area contributed by atoms with Crippen molar-refractivity contribution in [3.05, 3.63) is 33.6 Å². The predicted octanol–water partition coefficient (Wildman–Crippen LogP) is 4.52. The van der Waals surface area contributed by atoms with E-state index in [0.717, 1.165) is 12.1 Å². The number of ether oxygens (including phenoxy) is 1. The summed E-state index contributed by atoms with van der Waals surface area (Å²) in [6.45, 7) is 1.24. The van der Waals surface area contributed by atoms with Gasteiger partial charge in [-0.3, -0.25) is 4.79 Å². The average molecular weight is 366 g/mol. The Bertz CT molecular complexity index is 637. The molecule has 0 saturated heterocycles. The molecule has 0 atom stereocenters. The van der Waals surface area contributed by atoms with E-state index in [0.29, 0.717) is 14.4 Å². The Morgan fingerprint density at radius 2 is 1.90 bits per heavy atom. The fourth-order valence-corrected chi connectivity index (χ4v) is 2.77. The molecule has 1 aromatic heterocycles. The highest BCUT2D eigenvalue weighted by molar-refractivity contribution is 9.11. The van der Waals surface area contributed by atoms with Gasteiger partial charge in [-0.1, -0.05) is 12.1 Å². The van der Waals surface area contributed by atoms with Crippen molar-refractivity contribution in [1.29, 1.82) is 0 Å². The van der Waals surface area contributed by atoms with Gasteiger partial charge in [-0.25, -0.2) is 4.98 Å².